The number of fused-ring (bicyclic) bond motifs is 9. The first kappa shape index (κ1) is 37.0. The van der Waals surface area contributed by atoms with Crippen molar-refractivity contribution in [1.29, 1.82) is 0 Å². The topological polar surface area (TPSA) is 120 Å². The molecule has 7 aliphatic rings. The Morgan fingerprint density at radius 3 is 2.54 bits per heavy atom. The number of ether oxygens (including phenoxy) is 7. The Morgan fingerprint density at radius 2 is 1.77 bits per heavy atom. The number of carbonyl (C=O) groups excluding carboxylic acids is 1. The van der Waals surface area contributed by atoms with Crippen LogP contribution in [0.1, 0.15) is 61.8 Å². The van der Waals surface area contributed by atoms with Crippen molar-refractivity contribution in [3.63, 3.8) is 0 Å². The summed E-state index contributed by atoms with van der Waals surface area (Å²) in [4.78, 5) is 19.8. The fourth-order valence-electron chi connectivity index (χ4n) is 10.2. The van der Waals surface area contributed by atoms with Gasteiger partial charge in [0.05, 0.1) is 31.6 Å². The molecule has 0 aliphatic carbocycles. The third kappa shape index (κ3) is 5.34. The molecule has 296 valence electrons. The zero-order valence-electron chi connectivity index (χ0n) is 32.6. The minimum atomic E-state index is -1.21. The lowest BCUT2D eigenvalue weighted by molar-refractivity contribution is -0.156. The number of nitrogens with zero attached hydrogens (tertiary/aromatic N) is 2. The minimum Gasteiger partial charge on any atom is -0.507 e. The number of aryl methyl sites for hydroxylation is 1. The van der Waals surface area contributed by atoms with E-state index < -0.39 is 11.6 Å². The van der Waals surface area contributed by atoms with Gasteiger partial charge in [0.1, 0.15) is 25.6 Å². The van der Waals surface area contributed by atoms with Gasteiger partial charge in [0.25, 0.3) is 0 Å². The van der Waals surface area contributed by atoms with Crippen LogP contribution < -0.4 is 33.7 Å². The second-order valence-electron chi connectivity index (χ2n) is 15.4. The highest BCUT2D eigenvalue weighted by molar-refractivity contribution is 7.99. The summed E-state index contributed by atoms with van der Waals surface area (Å²) < 4.78 is 43.2. The maximum absolute atomic E-state index is 14.8. The van der Waals surface area contributed by atoms with Crippen LogP contribution in [0.25, 0.3) is 0 Å². The van der Waals surface area contributed by atoms with Crippen LogP contribution in [0.15, 0.2) is 43.5 Å². The van der Waals surface area contributed by atoms with E-state index >= 15 is 0 Å². The van der Waals surface area contributed by atoms with Crippen molar-refractivity contribution in [2.75, 3.05) is 66.7 Å². The molecule has 7 aliphatic heterocycles. The Balaban J connectivity index is 1.25. The summed E-state index contributed by atoms with van der Waals surface area (Å²) in [7, 11) is 5.48. The van der Waals surface area contributed by atoms with E-state index in [-0.39, 0.29) is 48.5 Å². The first-order valence-corrected chi connectivity index (χ1v) is 20.3. The number of hydrogen-bond acceptors (Lipinski definition) is 13. The summed E-state index contributed by atoms with van der Waals surface area (Å²) >= 11 is 1.66. The molecule has 56 heavy (non-hydrogen) atoms. The van der Waals surface area contributed by atoms with E-state index in [0.29, 0.717) is 72.8 Å². The lowest BCUT2D eigenvalue weighted by atomic mass is 9.73. The Hall–Kier alpha value is -4.56. The maximum atomic E-state index is 14.8. The number of likely N-dealkylation sites (N-methyl/N-ethyl adjacent to an activating group) is 1. The number of aromatic hydroxyl groups is 1. The van der Waals surface area contributed by atoms with Crippen molar-refractivity contribution in [3.8, 4) is 40.2 Å². The number of benzene rings is 3. The van der Waals surface area contributed by atoms with Crippen LogP contribution in [0.3, 0.4) is 0 Å². The predicted molar refractivity (Wildman–Crippen MR) is 212 cm³/mol. The number of phenols is 1. The fraction of sp³-hybridized carbons (Fsp3) is 0.465. The highest BCUT2D eigenvalue weighted by Crippen LogP contribution is 2.63. The van der Waals surface area contributed by atoms with Crippen molar-refractivity contribution in [1.82, 2.24) is 15.1 Å². The van der Waals surface area contributed by atoms with Crippen LogP contribution in [-0.2, 0) is 27.9 Å². The van der Waals surface area contributed by atoms with E-state index in [1.807, 2.05) is 19.1 Å². The number of methoxy groups -OCH3 is 2. The second-order valence-corrected chi connectivity index (χ2v) is 16.6. The highest BCUT2D eigenvalue weighted by Gasteiger charge is 2.59. The Bertz CT molecular complexity index is 2140. The molecule has 3 aromatic rings. The number of esters is 1. The van der Waals surface area contributed by atoms with Gasteiger partial charge in [-0.25, -0.2) is 4.79 Å². The van der Waals surface area contributed by atoms with Crippen molar-refractivity contribution in [2.24, 2.45) is 0 Å². The van der Waals surface area contributed by atoms with Gasteiger partial charge in [0.15, 0.2) is 40.0 Å². The van der Waals surface area contributed by atoms with Gasteiger partial charge in [0, 0.05) is 53.2 Å². The number of phenolic OH excluding ortho intramolecular Hbond substituents is 1. The average molecular weight is 784 g/mol. The summed E-state index contributed by atoms with van der Waals surface area (Å²) in [5.74, 6) is 3.84. The molecule has 0 saturated carbocycles. The number of rotatable bonds is 8. The molecule has 0 amide bonds. The zero-order valence-corrected chi connectivity index (χ0v) is 33.4. The number of hydrogen-bond donors (Lipinski definition) is 2. The molecule has 12 nitrogen and oxygen atoms in total. The van der Waals surface area contributed by atoms with Gasteiger partial charge in [0.2, 0.25) is 6.79 Å². The minimum absolute atomic E-state index is 0.0432. The molecule has 1 spiro atoms. The molecule has 4 bridgehead atoms. The lowest BCUT2D eigenvalue weighted by Crippen LogP contribution is -2.65. The van der Waals surface area contributed by atoms with Crippen molar-refractivity contribution in [3.05, 3.63) is 88.0 Å². The molecular weight excluding hydrogens is 735 g/mol. The number of carbonyl (C=O) groups is 1. The third-order valence-corrected chi connectivity index (χ3v) is 14.1. The summed E-state index contributed by atoms with van der Waals surface area (Å²) in [5, 5.41) is 15.7. The maximum Gasteiger partial charge on any atom is 0.331 e. The fourth-order valence-corrected chi connectivity index (χ4v) is 11.9. The van der Waals surface area contributed by atoms with Crippen LogP contribution in [0, 0.1) is 13.8 Å². The molecule has 13 heteroatoms. The number of thioether (sulfide) groups is 1. The van der Waals surface area contributed by atoms with Crippen LogP contribution in [0.5, 0.6) is 40.2 Å². The van der Waals surface area contributed by atoms with Crippen LogP contribution >= 0.6 is 11.8 Å². The van der Waals surface area contributed by atoms with Crippen molar-refractivity contribution >= 4 is 17.7 Å². The number of piperazine rings is 1. The van der Waals surface area contributed by atoms with Crippen LogP contribution in [-0.4, -0.2) is 99.7 Å². The standard InChI is InChI=1S/C43H49N3O9S/c1-8-12-51-30-16-24-10-11-44-43(27(24)17-29(30)49-6)20-56-41-33-32(40-38(54-21-55-40)23(4)36(33)47)28(19-53-42(43)48)46-18-26-15-25-14-22(3)37(50-7)39(52-13-9-2)31(25)34(35(41)46)45(26)5/h8-9,14,16-17,26,28,34-35,41,44,47H,1-2,10-13,15,18-21H2,3-7H3/t26?,28?,34?,35?,41?,43-/m1/s1. The molecule has 7 heterocycles. The first-order valence-electron chi connectivity index (χ1n) is 19.2. The van der Waals surface area contributed by atoms with E-state index in [2.05, 4.69) is 48.3 Å². The predicted octanol–water partition coefficient (Wildman–Crippen LogP) is 5.59. The van der Waals surface area contributed by atoms with E-state index in [0.717, 1.165) is 45.6 Å². The van der Waals surface area contributed by atoms with E-state index in [1.165, 1.54) is 5.56 Å². The quantitative estimate of drug-likeness (QED) is 0.218. The van der Waals surface area contributed by atoms with Gasteiger partial charge in [-0.1, -0.05) is 31.4 Å². The average Bonchev–Trinajstić information content (AvgIpc) is 3.69. The summed E-state index contributed by atoms with van der Waals surface area (Å²) in [6.45, 7) is 13.7. The van der Waals surface area contributed by atoms with E-state index in [9.17, 15) is 9.90 Å². The molecule has 5 unspecified atom stereocenters. The lowest BCUT2D eigenvalue weighted by Gasteiger charge is -2.60. The summed E-state index contributed by atoms with van der Waals surface area (Å²) in [6.07, 6.45) is 4.94. The van der Waals surface area contributed by atoms with Gasteiger partial charge < -0.3 is 38.3 Å². The van der Waals surface area contributed by atoms with Crippen molar-refractivity contribution in [2.45, 2.75) is 61.6 Å². The molecule has 3 aromatic carbocycles. The van der Waals surface area contributed by atoms with Crippen molar-refractivity contribution < 1.29 is 43.1 Å². The Kier molecular flexibility index (Phi) is 9.34. The highest BCUT2D eigenvalue weighted by atomic mass is 32.2. The molecule has 2 saturated heterocycles. The number of nitrogens with one attached hydrogen (secondary N) is 1. The smallest absolute Gasteiger partial charge is 0.331 e. The van der Waals surface area contributed by atoms with Crippen LogP contribution in [0.2, 0.25) is 0 Å². The normalized spacial score (nSPS) is 27.3. The monoisotopic (exact) mass is 783 g/mol. The molecule has 0 radical (unpaired) electrons. The molecular formula is C43H49N3O9S. The van der Waals surface area contributed by atoms with Gasteiger partial charge in [-0.15, -0.1) is 11.8 Å². The van der Waals surface area contributed by atoms with Gasteiger partial charge in [-0.3, -0.25) is 15.1 Å². The SMILES string of the molecule is C=CCOc1cc2c(cc1OC)[C@@]1(CSC3c4c(O)c(C)c5c(c4C(COC1=O)N1CC4Cc6cc(C)c(OC)c(OCC=C)c6C(C31)N4C)OCO5)NCC2. The molecule has 10 rings (SSSR count). The zero-order chi connectivity index (χ0) is 39.0. The van der Waals surface area contributed by atoms with E-state index in [1.54, 1.807) is 38.1 Å². The summed E-state index contributed by atoms with van der Waals surface area (Å²) in [6, 6.07) is 5.49. The third-order valence-electron chi connectivity index (χ3n) is 12.6. The molecule has 6 atom stereocenters. The second kappa shape index (κ2) is 14.1. The van der Waals surface area contributed by atoms with Gasteiger partial charge in [-0.05, 0) is 68.1 Å². The van der Waals surface area contributed by atoms with Crippen LogP contribution in [0.4, 0.5) is 0 Å². The van der Waals surface area contributed by atoms with Gasteiger partial charge >= 0.3 is 5.97 Å². The van der Waals surface area contributed by atoms with Gasteiger partial charge in [-0.2, -0.15) is 0 Å². The van der Waals surface area contributed by atoms with E-state index in [4.69, 9.17) is 33.2 Å². The largest absolute Gasteiger partial charge is 0.507 e. The first-order chi connectivity index (χ1) is 27.2. The molecule has 2 N–H and O–H groups in total. The molecule has 2 fully saturated rings. The Morgan fingerprint density at radius 1 is 0.982 bits per heavy atom. The summed E-state index contributed by atoms with van der Waals surface area (Å²) in [5.41, 5.74) is 6.15. The Labute approximate surface area is 331 Å². The molecule has 0 aromatic heterocycles.